The number of benzene rings is 1. The van der Waals surface area contributed by atoms with Crippen molar-refractivity contribution in [1.29, 1.82) is 0 Å². The maximum Gasteiger partial charge on any atom is 0.238 e. The van der Waals surface area contributed by atoms with Crippen molar-refractivity contribution in [2.24, 2.45) is 5.73 Å². The Balaban J connectivity index is 1.88. The molecule has 6 heteroatoms. The van der Waals surface area contributed by atoms with E-state index in [0.29, 0.717) is 34.7 Å². The second-order valence-corrected chi connectivity index (χ2v) is 5.88. The molecule has 3 N–H and O–H groups in total. The molecule has 0 spiro atoms. The van der Waals surface area contributed by atoms with E-state index in [1.807, 2.05) is 12.1 Å². The molecule has 1 amide bonds. The molecule has 2 rings (SSSR count). The number of nitrogens with zero attached hydrogens (tertiary/aromatic N) is 1. The predicted molar refractivity (Wildman–Crippen MR) is 86.1 cm³/mol. The molecule has 20 heavy (non-hydrogen) atoms. The van der Waals surface area contributed by atoms with E-state index in [0.717, 1.165) is 19.4 Å². The number of para-hydroxylation sites is 1. The number of carbonyl (C=O) groups is 1. The van der Waals surface area contributed by atoms with Gasteiger partial charge in [-0.25, -0.2) is 0 Å². The summed E-state index contributed by atoms with van der Waals surface area (Å²) in [5.41, 5.74) is 6.17. The summed E-state index contributed by atoms with van der Waals surface area (Å²) < 4.78 is 0. The Morgan fingerprint density at radius 3 is 2.75 bits per heavy atom. The summed E-state index contributed by atoms with van der Waals surface area (Å²) in [4.78, 5) is 14.7. The van der Waals surface area contributed by atoms with E-state index in [9.17, 15) is 4.79 Å². The highest BCUT2D eigenvalue weighted by molar-refractivity contribution is 7.80. The van der Waals surface area contributed by atoms with Crippen LogP contribution < -0.4 is 11.1 Å². The molecule has 1 saturated carbocycles. The quantitative estimate of drug-likeness (QED) is 0.759. The lowest BCUT2D eigenvalue weighted by atomic mass is 10.3. The number of carbonyl (C=O) groups excluding carboxylic acids is 1. The third-order valence-electron chi connectivity index (χ3n) is 3.20. The molecule has 0 radical (unpaired) electrons. The molecule has 1 aliphatic rings. The van der Waals surface area contributed by atoms with E-state index in [-0.39, 0.29) is 5.91 Å². The van der Waals surface area contributed by atoms with E-state index in [2.05, 4.69) is 10.2 Å². The summed E-state index contributed by atoms with van der Waals surface area (Å²) in [5.74, 6) is -0.0621. The van der Waals surface area contributed by atoms with Crippen LogP contribution in [-0.4, -0.2) is 34.9 Å². The summed E-state index contributed by atoms with van der Waals surface area (Å²) in [6, 6.07) is 7.70. The molecule has 108 valence electrons. The second kappa shape index (κ2) is 7.02. The van der Waals surface area contributed by atoms with Gasteiger partial charge in [0.15, 0.2) is 0 Å². The Morgan fingerprint density at radius 2 is 2.15 bits per heavy atom. The van der Waals surface area contributed by atoms with E-state index in [1.54, 1.807) is 12.1 Å². The average Bonchev–Trinajstić information content (AvgIpc) is 3.21. The van der Waals surface area contributed by atoms with Gasteiger partial charge in [0, 0.05) is 19.0 Å². The number of amides is 1. The number of thiocarbonyl (C=S) groups is 1. The summed E-state index contributed by atoms with van der Waals surface area (Å²) in [6.45, 7) is 1.08. The lowest BCUT2D eigenvalue weighted by molar-refractivity contribution is -0.117. The monoisotopic (exact) mass is 311 g/mol. The van der Waals surface area contributed by atoms with Crippen molar-refractivity contribution in [3.63, 3.8) is 0 Å². The largest absolute Gasteiger partial charge is 0.393 e. The van der Waals surface area contributed by atoms with Gasteiger partial charge in [-0.05, 0) is 25.0 Å². The van der Waals surface area contributed by atoms with Crippen LogP contribution in [0.15, 0.2) is 24.3 Å². The first kappa shape index (κ1) is 15.2. The fraction of sp³-hybridized carbons (Fsp3) is 0.429. The Bertz CT molecular complexity index is 505. The van der Waals surface area contributed by atoms with Crippen LogP contribution in [0, 0.1) is 0 Å². The van der Waals surface area contributed by atoms with Gasteiger partial charge in [0.2, 0.25) is 5.91 Å². The highest BCUT2D eigenvalue weighted by atomic mass is 35.5. The highest BCUT2D eigenvalue weighted by Crippen LogP contribution is 2.27. The molecular weight excluding hydrogens is 294 g/mol. The van der Waals surface area contributed by atoms with E-state index >= 15 is 0 Å². The molecule has 0 aromatic heterocycles. The number of rotatable bonds is 7. The number of nitrogens with one attached hydrogen (secondary N) is 1. The van der Waals surface area contributed by atoms with Crippen LogP contribution >= 0.6 is 23.8 Å². The van der Waals surface area contributed by atoms with Gasteiger partial charge < -0.3 is 11.1 Å². The second-order valence-electron chi connectivity index (χ2n) is 4.95. The van der Waals surface area contributed by atoms with Gasteiger partial charge >= 0.3 is 0 Å². The Labute approximate surface area is 129 Å². The van der Waals surface area contributed by atoms with Crippen LogP contribution in [0.1, 0.15) is 19.3 Å². The highest BCUT2D eigenvalue weighted by Gasteiger charge is 2.30. The summed E-state index contributed by atoms with van der Waals surface area (Å²) in [6.07, 6.45) is 2.92. The standard InChI is InChI=1S/C14H18ClN3OS/c15-11-3-1-2-4-12(11)17-14(19)9-18(10-5-6-10)8-7-13(16)20/h1-4,10H,5-9H2,(H2,16,20)(H,17,19). The molecule has 1 aliphatic carbocycles. The number of halogens is 1. The first-order valence-electron chi connectivity index (χ1n) is 6.63. The van der Waals surface area contributed by atoms with Gasteiger partial charge in [-0.3, -0.25) is 9.69 Å². The molecule has 0 aliphatic heterocycles. The third-order valence-corrected chi connectivity index (χ3v) is 3.74. The molecule has 1 fully saturated rings. The van der Waals surface area contributed by atoms with Crippen molar-refractivity contribution >= 4 is 40.4 Å². The summed E-state index contributed by atoms with van der Waals surface area (Å²) in [5, 5.41) is 3.38. The molecule has 4 nitrogen and oxygen atoms in total. The zero-order chi connectivity index (χ0) is 14.5. The number of hydrogen-bond acceptors (Lipinski definition) is 3. The first-order chi connectivity index (χ1) is 9.56. The summed E-state index contributed by atoms with van der Waals surface area (Å²) >= 11 is 10.9. The van der Waals surface area contributed by atoms with Gasteiger partial charge in [-0.1, -0.05) is 36.0 Å². The molecule has 0 atom stereocenters. The van der Waals surface area contributed by atoms with Gasteiger partial charge in [-0.2, -0.15) is 0 Å². The Morgan fingerprint density at radius 1 is 1.45 bits per heavy atom. The van der Waals surface area contributed by atoms with Gasteiger partial charge in [0.25, 0.3) is 0 Å². The van der Waals surface area contributed by atoms with Crippen LogP contribution in [0.4, 0.5) is 5.69 Å². The fourth-order valence-corrected chi connectivity index (χ4v) is 2.30. The average molecular weight is 312 g/mol. The van der Waals surface area contributed by atoms with Gasteiger partial charge in [-0.15, -0.1) is 0 Å². The predicted octanol–water partition coefficient (Wildman–Crippen LogP) is 2.42. The van der Waals surface area contributed by atoms with Crippen molar-refractivity contribution < 1.29 is 4.79 Å². The van der Waals surface area contributed by atoms with Crippen molar-refractivity contribution in [1.82, 2.24) is 4.90 Å². The minimum Gasteiger partial charge on any atom is -0.393 e. The van der Waals surface area contributed by atoms with E-state index < -0.39 is 0 Å². The minimum atomic E-state index is -0.0621. The van der Waals surface area contributed by atoms with Crippen LogP contribution in [0.2, 0.25) is 5.02 Å². The summed E-state index contributed by atoms with van der Waals surface area (Å²) in [7, 11) is 0. The number of hydrogen-bond donors (Lipinski definition) is 2. The number of anilines is 1. The molecule has 0 saturated heterocycles. The maximum absolute atomic E-state index is 12.1. The first-order valence-corrected chi connectivity index (χ1v) is 7.41. The Hall–Kier alpha value is -1.17. The minimum absolute atomic E-state index is 0.0621. The fourth-order valence-electron chi connectivity index (χ4n) is 2.02. The molecular formula is C14H18ClN3OS. The molecule has 1 aromatic carbocycles. The van der Waals surface area contributed by atoms with Crippen molar-refractivity contribution in [2.45, 2.75) is 25.3 Å². The van der Waals surface area contributed by atoms with E-state index in [4.69, 9.17) is 29.6 Å². The normalized spacial score (nSPS) is 14.3. The van der Waals surface area contributed by atoms with Crippen LogP contribution in [0.25, 0.3) is 0 Å². The zero-order valence-corrected chi connectivity index (χ0v) is 12.7. The molecule has 0 heterocycles. The Kier molecular flexibility index (Phi) is 5.34. The van der Waals surface area contributed by atoms with Crippen molar-refractivity contribution in [2.75, 3.05) is 18.4 Å². The molecule has 0 unspecified atom stereocenters. The maximum atomic E-state index is 12.1. The van der Waals surface area contributed by atoms with E-state index in [1.165, 1.54) is 0 Å². The van der Waals surface area contributed by atoms with Crippen molar-refractivity contribution in [3.8, 4) is 0 Å². The van der Waals surface area contributed by atoms with Gasteiger partial charge in [0.05, 0.1) is 22.2 Å². The zero-order valence-electron chi connectivity index (χ0n) is 11.1. The van der Waals surface area contributed by atoms with Gasteiger partial charge in [0.1, 0.15) is 0 Å². The molecule has 0 bridgehead atoms. The van der Waals surface area contributed by atoms with Crippen LogP contribution in [0.3, 0.4) is 0 Å². The molecule has 1 aromatic rings. The smallest absolute Gasteiger partial charge is 0.238 e. The SMILES string of the molecule is NC(=S)CCN(CC(=O)Nc1ccccc1Cl)C1CC1. The van der Waals surface area contributed by atoms with Crippen molar-refractivity contribution in [3.05, 3.63) is 29.3 Å². The van der Waals surface area contributed by atoms with Crippen LogP contribution in [0.5, 0.6) is 0 Å². The lowest BCUT2D eigenvalue weighted by Crippen LogP contribution is -2.36. The topological polar surface area (TPSA) is 58.4 Å². The third kappa shape index (κ3) is 4.74. The lowest BCUT2D eigenvalue weighted by Gasteiger charge is -2.21. The number of nitrogens with two attached hydrogens (primary N) is 1. The van der Waals surface area contributed by atoms with Crippen LogP contribution in [-0.2, 0) is 4.79 Å².